The molecule has 0 spiro atoms. The lowest BCUT2D eigenvalue weighted by molar-refractivity contribution is -0.127. The summed E-state index contributed by atoms with van der Waals surface area (Å²) in [5.41, 5.74) is 8.64. The number of H-pyrrole nitrogens is 1. The lowest BCUT2D eigenvalue weighted by Gasteiger charge is -2.44. The maximum absolute atomic E-state index is 12.5. The Bertz CT molecular complexity index is 736. The first kappa shape index (κ1) is 18.0. The van der Waals surface area contributed by atoms with E-state index < -0.39 is 0 Å². The van der Waals surface area contributed by atoms with Gasteiger partial charge in [-0.2, -0.15) is 0 Å². The van der Waals surface area contributed by atoms with Crippen LogP contribution in [0.1, 0.15) is 32.8 Å². The largest absolute Gasteiger partial charge is 0.361 e. The third kappa shape index (κ3) is 3.88. The van der Waals surface area contributed by atoms with Crippen LogP contribution in [0.4, 0.5) is 0 Å². The third-order valence-corrected chi connectivity index (χ3v) is 5.64. The first-order chi connectivity index (χ1) is 11.9. The molecule has 3 rings (SSSR count). The van der Waals surface area contributed by atoms with Gasteiger partial charge in [0.05, 0.1) is 6.04 Å². The minimum Gasteiger partial charge on any atom is -0.361 e. The number of piperidine rings is 1. The fraction of sp³-hybridized carbons (Fsp3) is 0.550. The summed E-state index contributed by atoms with van der Waals surface area (Å²) in [7, 11) is 0. The lowest BCUT2D eigenvalue weighted by Crippen LogP contribution is -2.57. The zero-order chi connectivity index (χ0) is 18.0. The molecule has 1 aliphatic rings. The molecule has 1 amide bonds. The first-order valence-corrected chi connectivity index (χ1v) is 9.21. The average Bonchev–Trinajstić information content (AvgIpc) is 3.00. The molecule has 0 radical (unpaired) electrons. The normalized spacial score (nSPS) is 22.0. The van der Waals surface area contributed by atoms with Crippen LogP contribution in [0.3, 0.4) is 0 Å². The van der Waals surface area contributed by atoms with Gasteiger partial charge in [-0.25, -0.2) is 0 Å². The molecule has 4 N–H and O–H groups in total. The van der Waals surface area contributed by atoms with Gasteiger partial charge >= 0.3 is 0 Å². The van der Waals surface area contributed by atoms with Crippen molar-refractivity contribution in [3.8, 4) is 0 Å². The molecule has 1 aliphatic heterocycles. The van der Waals surface area contributed by atoms with Gasteiger partial charge in [-0.1, -0.05) is 32.0 Å². The Morgan fingerprint density at radius 3 is 2.96 bits per heavy atom. The zero-order valence-electron chi connectivity index (χ0n) is 15.5. The van der Waals surface area contributed by atoms with Crippen molar-refractivity contribution in [2.24, 2.45) is 11.1 Å². The Labute approximate surface area is 150 Å². The van der Waals surface area contributed by atoms with Gasteiger partial charge in [0.2, 0.25) is 5.91 Å². The molecule has 2 heterocycles. The first-order valence-electron chi connectivity index (χ1n) is 9.21. The number of hydrogen-bond acceptors (Lipinski definition) is 3. The van der Waals surface area contributed by atoms with Crippen molar-refractivity contribution in [1.82, 2.24) is 15.2 Å². The number of hydrogen-bond donors (Lipinski definition) is 3. The molecule has 136 valence electrons. The SMILES string of the molecule is CC(C(=O)NCCc1c[nH]c2ccccc12)N1CCC(N)C(C)(C)C1. The number of fused-ring (bicyclic) bond motifs is 1. The van der Waals surface area contributed by atoms with Gasteiger partial charge in [-0.3, -0.25) is 9.69 Å². The van der Waals surface area contributed by atoms with Crippen molar-refractivity contribution in [2.45, 2.75) is 45.7 Å². The highest BCUT2D eigenvalue weighted by Crippen LogP contribution is 2.28. The van der Waals surface area contributed by atoms with E-state index in [4.69, 9.17) is 5.73 Å². The molecule has 5 nitrogen and oxygen atoms in total. The van der Waals surface area contributed by atoms with Crippen LogP contribution in [0, 0.1) is 5.41 Å². The Kier molecular flexibility index (Phi) is 5.16. The van der Waals surface area contributed by atoms with E-state index in [9.17, 15) is 4.79 Å². The molecule has 1 saturated heterocycles. The molecular weight excluding hydrogens is 312 g/mol. The van der Waals surface area contributed by atoms with Crippen molar-refractivity contribution in [1.29, 1.82) is 0 Å². The number of amides is 1. The highest BCUT2D eigenvalue weighted by Gasteiger charge is 2.36. The van der Waals surface area contributed by atoms with E-state index in [0.717, 1.165) is 31.4 Å². The van der Waals surface area contributed by atoms with E-state index in [-0.39, 0.29) is 23.4 Å². The van der Waals surface area contributed by atoms with E-state index in [1.807, 2.05) is 25.3 Å². The minimum absolute atomic E-state index is 0.0524. The fourth-order valence-corrected chi connectivity index (χ4v) is 3.72. The van der Waals surface area contributed by atoms with Gasteiger partial charge in [-0.15, -0.1) is 0 Å². The number of carbonyl (C=O) groups is 1. The van der Waals surface area contributed by atoms with Crippen LogP contribution in [0.15, 0.2) is 30.5 Å². The highest BCUT2D eigenvalue weighted by molar-refractivity contribution is 5.83. The Balaban J connectivity index is 1.52. The van der Waals surface area contributed by atoms with E-state index >= 15 is 0 Å². The van der Waals surface area contributed by atoms with Crippen molar-refractivity contribution in [2.75, 3.05) is 19.6 Å². The van der Waals surface area contributed by atoms with Crippen LogP contribution < -0.4 is 11.1 Å². The van der Waals surface area contributed by atoms with Crippen molar-refractivity contribution >= 4 is 16.8 Å². The summed E-state index contributed by atoms with van der Waals surface area (Å²) in [6.45, 7) is 8.78. The zero-order valence-corrected chi connectivity index (χ0v) is 15.5. The van der Waals surface area contributed by atoms with Gasteiger partial charge < -0.3 is 16.0 Å². The standard InChI is InChI=1S/C20H30N4O/c1-14(24-11-9-18(21)20(2,3)13-24)19(25)22-10-8-15-12-23-17-7-5-4-6-16(15)17/h4-7,12,14,18,23H,8-11,13,21H2,1-3H3,(H,22,25). The van der Waals surface area contributed by atoms with E-state index in [0.29, 0.717) is 6.54 Å². The number of likely N-dealkylation sites (tertiary alicyclic amines) is 1. The molecular formula is C20H30N4O. The lowest BCUT2D eigenvalue weighted by atomic mass is 9.79. The molecule has 1 aromatic heterocycles. The van der Waals surface area contributed by atoms with Crippen LogP contribution >= 0.6 is 0 Å². The van der Waals surface area contributed by atoms with Crippen LogP contribution in [-0.4, -0.2) is 47.5 Å². The molecule has 0 bridgehead atoms. The Morgan fingerprint density at radius 2 is 2.20 bits per heavy atom. The summed E-state index contributed by atoms with van der Waals surface area (Å²) >= 11 is 0. The number of para-hydroxylation sites is 1. The monoisotopic (exact) mass is 342 g/mol. The topological polar surface area (TPSA) is 74.2 Å². The van der Waals surface area contributed by atoms with Crippen LogP contribution in [0.5, 0.6) is 0 Å². The second kappa shape index (κ2) is 7.18. The number of rotatable bonds is 5. The van der Waals surface area contributed by atoms with E-state index in [2.05, 4.69) is 41.2 Å². The van der Waals surface area contributed by atoms with Gasteiger partial charge in [-0.05, 0) is 36.8 Å². The summed E-state index contributed by atoms with van der Waals surface area (Å²) in [5, 5.41) is 4.33. The van der Waals surface area contributed by atoms with E-state index in [1.54, 1.807) is 0 Å². The number of nitrogens with one attached hydrogen (secondary N) is 2. The Morgan fingerprint density at radius 1 is 1.44 bits per heavy atom. The maximum atomic E-state index is 12.5. The smallest absolute Gasteiger partial charge is 0.237 e. The molecule has 5 heteroatoms. The molecule has 25 heavy (non-hydrogen) atoms. The minimum atomic E-state index is -0.116. The third-order valence-electron chi connectivity index (χ3n) is 5.64. The van der Waals surface area contributed by atoms with Crippen LogP contribution in [0.2, 0.25) is 0 Å². The molecule has 0 saturated carbocycles. The van der Waals surface area contributed by atoms with Gasteiger partial charge in [0.15, 0.2) is 0 Å². The molecule has 1 fully saturated rings. The molecule has 1 aromatic carbocycles. The number of nitrogens with zero attached hydrogens (tertiary/aromatic N) is 1. The van der Waals surface area contributed by atoms with Crippen molar-refractivity contribution in [3.05, 3.63) is 36.0 Å². The molecule has 2 unspecified atom stereocenters. The number of benzene rings is 1. The molecule has 0 aliphatic carbocycles. The number of aromatic amines is 1. The van der Waals surface area contributed by atoms with Gasteiger partial charge in [0, 0.05) is 42.8 Å². The summed E-state index contributed by atoms with van der Waals surface area (Å²) in [4.78, 5) is 18.1. The quantitative estimate of drug-likeness (QED) is 0.780. The number of aromatic nitrogens is 1. The summed E-state index contributed by atoms with van der Waals surface area (Å²) < 4.78 is 0. The van der Waals surface area contributed by atoms with Gasteiger partial charge in [0.25, 0.3) is 0 Å². The van der Waals surface area contributed by atoms with Crippen molar-refractivity contribution in [3.63, 3.8) is 0 Å². The van der Waals surface area contributed by atoms with Gasteiger partial charge in [0.1, 0.15) is 0 Å². The second-order valence-corrected chi connectivity index (χ2v) is 7.93. The van der Waals surface area contributed by atoms with Crippen LogP contribution in [0.25, 0.3) is 10.9 Å². The molecule has 2 atom stereocenters. The Hall–Kier alpha value is -1.85. The summed E-state index contributed by atoms with van der Waals surface area (Å²) in [6.07, 6.45) is 3.81. The maximum Gasteiger partial charge on any atom is 0.237 e. The highest BCUT2D eigenvalue weighted by atomic mass is 16.2. The number of carbonyl (C=O) groups excluding carboxylic acids is 1. The van der Waals surface area contributed by atoms with Crippen LogP contribution in [-0.2, 0) is 11.2 Å². The fourth-order valence-electron chi connectivity index (χ4n) is 3.72. The predicted molar refractivity (Wildman–Crippen MR) is 102 cm³/mol. The summed E-state index contributed by atoms with van der Waals surface area (Å²) in [5.74, 6) is 0.103. The number of nitrogens with two attached hydrogens (primary N) is 1. The molecule has 2 aromatic rings. The van der Waals surface area contributed by atoms with E-state index in [1.165, 1.54) is 10.9 Å². The van der Waals surface area contributed by atoms with Crippen molar-refractivity contribution < 1.29 is 4.79 Å². The average molecular weight is 342 g/mol. The predicted octanol–water partition coefficient (Wildman–Crippen LogP) is 2.27. The summed E-state index contributed by atoms with van der Waals surface area (Å²) in [6, 6.07) is 8.35. The second-order valence-electron chi connectivity index (χ2n) is 7.93.